The molecule has 0 radical (unpaired) electrons. The van der Waals surface area contributed by atoms with Gasteiger partial charge in [-0.05, 0) is 83.6 Å². The molecule has 2 atom stereocenters. The third kappa shape index (κ3) is 3.70. The Bertz CT molecular complexity index is 1420. The molecular formula is C34H36N2. The number of hydrogen-bond acceptors (Lipinski definition) is 2. The van der Waals surface area contributed by atoms with E-state index in [1.165, 1.54) is 94.0 Å². The molecule has 0 saturated heterocycles. The molecule has 0 saturated carbocycles. The van der Waals surface area contributed by atoms with Gasteiger partial charge in [-0.15, -0.1) is 0 Å². The van der Waals surface area contributed by atoms with Crippen LogP contribution in [0.3, 0.4) is 0 Å². The molecule has 4 aromatic carbocycles. The average Bonchev–Trinajstić information content (AvgIpc) is 3.27. The SMILES string of the molecule is CC1=Nc2cc3ccccc3cc2C1(C)CCCCCCC1(C)C(C)=Nc2cc3ccccc3cc21. The minimum absolute atomic E-state index is 0.0556. The van der Waals surface area contributed by atoms with Crippen molar-refractivity contribution in [3.05, 3.63) is 83.9 Å². The number of rotatable bonds is 7. The van der Waals surface area contributed by atoms with E-state index in [1.807, 2.05) is 0 Å². The normalized spacial score (nSPS) is 22.6. The minimum Gasteiger partial charge on any atom is -0.257 e. The number of hydrogen-bond donors (Lipinski definition) is 0. The van der Waals surface area contributed by atoms with Gasteiger partial charge in [-0.2, -0.15) is 0 Å². The summed E-state index contributed by atoms with van der Waals surface area (Å²) in [7, 11) is 0. The van der Waals surface area contributed by atoms with Gasteiger partial charge in [0.2, 0.25) is 0 Å². The number of fused-ring (bicyclic) bond motifs is 4. The van der Waals surface area contributed by atoms with Gasteiger partial charge >= 0.3 is 0 Å². The second-order valence-electron chi connectivity index (χ2n) is 11.4. The molecule has 182 valence electrons. The number of aliphatic imine (C=N–C) groups is 2. The highest BCUT2D eigenvalue weighted by Crippen LogP contribution is 2.46. The van der Waals surface area contributed by atoms with E-state index in [2.05, 4.69) is 100 Å². The van der Waals surface area contributed by atoms with Crippen molar-refractivity contribution in [2.45, 2.75) is 77.0 Å². The van der Waals surface area contributed by atoms with Gasteiger partial charge in [-0.25, -0.2) is 0 Å². The molecule has 0 aromatic heterocycles. The van der Waals surface area contributed by atoms with Crippen molar-refractivity contribution in [3.63, 3.8) is 0 Å². The Morgan fingerprint density at radius 3 is 1.28 bits per heavy atom. The topological polar surface area (TPSA) is 24.7 Å². The Morgan fingerprint density at radius 2 is 0.889 bits per heavy atom. The lowest BCUT2D eigenvalue weighted by atomic mass is 9.74. The summed E-state index contributed by atoms with van der Waals surface area (Å²) in [4.78, 5) is 9.97. The smallest absolute Gasteiger partial charge is 0.0677 e. The highest BCUT2D eigenvalue weighted by molar-refractivity contribution is 6.03. The van der Waals surface area contributed by atoms with Crippen LogP contribution in [0.1, 0.15) is 77.3 Å². The second kappa shape index (κ2) is 8.69. The van der Waals surface area contributed by atoms with Crippen LogP contribution < -0.4 is 0 Å². The summed E-state index contributed by atoms with van der Waals surface area (Å²) in [6, 6.07) is 26.6. The monoisotopic (exact) mass is 472 g/mol. The van der Waals surface area contributed by atoms with E-state index in [9.17, 15) is 0 Å². The molecule has 36 heavy (non-hydrogen) atoms. The van der Waals surface area contributed by atoms with E-state index >= 15 is 0 Å². The van der Waals surface area contributed by atoms with Gasteiger partial charge in [0.05, 0.1) is 11.4 Å². The first-order chi connectivity index (χ1) is 17.4. The molecule has 2 aliphatic rings. The Kier molecular flexibility index (Phi) is 5.59. The van der Waals surface area contributed by atoms with Gasteiger partial charge < -0.3 is 0 Å². The van der Waals surface area contributed by atoms with Crippen LogP contribution in [0, 0.1) is 0 Å². The van der Waals surface area contributed by atoms with Crippen LogP contribution in [-0.4, -0.2) is 11.4 Å². The quantitative estimate of drug-likeness (QED) is 0.239. The lowest BCUT2D eigenvalue weighted by Crippen LogP contribution is -2.28. The Hall–Kier alpha value is -3.26. The molecule has 0 spiro atoms. The predicted molar refractivity (Wildman–Crippen MR) is 156 cm³/mol. The summed E-state index contributed by atoms with van der Waals surface area (Å²) < 4.78 is 0. The van der Waals surface area contributed by atoms with E-state index in [1.54, 1.807) is 0 Å². The molecule has 2 heteroatoms. The van der Waals surface area contributed by atoms with Crippen molar-refractivity contribution in [2.24, 2.45) is 9.98 Å². The van der Waals surface area contributed by atoms with Gasteiger partial charge in [-0.3, -0.25) is 9.98 Å². The van der Waals surface area contributed by atoms with Crippen LogP contribution in [-0.2, 0) is 10.8 Å². The highest BCUT2D eigenvalue weighted by atomic mass is 14.8. The van der Waals surface area contributed by atoms with Crippen molar-refractivity contribution in [1.29, 1.82) is 0 Å². The number of nitrogens with zero attached hydrogens (tertiary/aromatic N) is 2. The Morgan fingerprint density at radius 1 is 0.528 bits per heavy atom. The molecule has 0 amide bonds. The predicted octanol–water partition coefficient (Wildman–Crippen LogP) is 9.76. The van der Waals surface area contributed by atoms with Gasteiger partial charge in [0.15, 0.2) is 0 Å². The number of unbranched alkanes of at least 4 members (excludes halogenated alkanes) is 3. The lowest BCUT2D eigenvalue weighted by Gasteiger charge is -2.28. The van der Waals surface area contributed by atoms with Crippen LogP contribution in [0.15, 0.2) is 82.8 Å². The van der Waals surface area contributed by atoms with Crippen molar-refractivity contribution < 1.29 is 0 Å². The molecule has 0 bridgehead atoms. The molecular weight excluding hydrogens is 436 g/mol. The van der Waals surface area contributed by atoms with E-state index < -0.39 is 0 Å². The number of benzene rings is 4. The van der Waals surface area contributed by atoms with Crippen LogP contribution in [0.2, 0.25) is 0 Å². The van der Waals surface area contributed by atoms with Gasteiger partial charge in [0.25, 0.3) is 0 Å². The average molecular weight is 473 g/mol. The summed E-state index contributed by atoms with van der Waals surface area (Å²) in [5.74, 6) is 0. The Labute approximate surface area is 215 Å². The maximum atomic E-state index is 4.99. The standard InChI is InChI=1S/C34H36N2/c1-23-33(3,29-19-25-13-7-9-15-27(25)21-31(29)35-23)17-11-5-6-12-18-34(4)24(2)36-32-22-28-16-10-8-14-26(28)20-30(32)34/h7-10,13-16,19-22H,5-6,11-12,17-18H2,1-4H3. The molecule has 4 aromatic rings. The van der Waals surface area contributed by atoms with Gasteiger partial charge in [0.1, 0.15) is 0 Å². The first kappa shape index (κ1) is 23.2. The molecule has 2 aliphatic heterocycles. The van der Waals surface area contributed by atoms with Crippen LogP contribution in [0.5, 0.6) is 0 Å². The van der Waals surface area contributed by atoms with E-state index in [-0.39, 0.29) is 10.8 Å². The third-order valence-electron chi connectivity index (χ3n) is 9.19. The zero-order valence-corrected chi connectivity index (χ0v) is 22.1. The maximum Gasteiger partial charge on any atom is 0.0677 e. The van der Waals surface area contributed by atoms with Crippen molar-refractivity contribution >= 4 is 44.3 Å². The summed E-state index contributed by atoms with van der Waals surface area (Å²) in [5.41, 5.74) is 7.80. The zero-order chi connectivity index (χ0) is 24.9. The van der Waals surface area contributed by atoms with E-state index in [4.69, 9.17) is 9.98 Å². The molecule has 0 N–H and O–H groups in total. The largest absolute Gasteiger partial charge is 0.257 e. The second-order valence-corrected chi connectivity index (χ2v) is 11.4. The lowest BCUT2D eigenvalue weighted by molar-refractivity contribution is 0.487. The molecule has 2 heterocycles. The van der Waals surface area contributed by atoms with Crippen LogP contribution >= 0.6 is 0 Å². The van der Waals surface area contributed by atoms with Crippen molar-refractivity contribution in [2.75, 3.05) is 0 Å². The van der Waals surface area contributed by atoms with Crippen LogP contribution in [0.4, 0.5) is 11.4 Å². The summed E-state index contributed by atoms with van der Waals surface area (Å²) >= 11 is 0. The van der Waals surface area contributed by atoms with Gasteiger partial charge in [0, 0.05) is 22.3 Å². The fourth-order valence-electron chi connectivity index (χ4n) is 6.47. The molecule has 6 rings (SSSR count). The molecule has 2 nitrogen and oxygen atoms in total. The summed E-state index contributed by atoms with van der Waals surface area (Å²) in [6.07, 6.45) is 7.34. The molecule has 0 aliphatic carbocycles. The van der Waals surface area contributed by atoms with E-state index in [0.29, 0.717) is 0 Å². The van der Waals surface area contributed by atoms with Crippen molar-refractivity contribution in [3.8, 4) is 0 Å². The van der Waals surface area contributed by atoms with Gasteiger partial charge in [-0.1, -0.05) is 88.1 Å². The van der Waals surface area contributed by atoms with Crippen molar-refractivity contribution in [1.82, 2.24) is 0 Å². The first-order valence-corrected chi connectivity index (χ1v) is 13.6. The minimum atomic E-state index is 0.0556. The maximum absolute atomic E-state index is 4.99. The highest BCUT2D eigenvalue weighted by Gasteiger charge is 2.38. The van der Waals surface area contributed by atoms with Crippen LogP contribution in [0.25, 0.3) is 21.5 Å². The third-order valence-corrected chi connectivity index (χ3v) is 9.19. The Balaban J connectivity index is 1.09. The zero-order valence-electron chi connectivity index (χ0n) is 22.1. The molecule has 0 fully saturated rings. The first-order valence-electron chi connectivity index (χ1n) is 13.6. The van der Waals surface area contributed by atoms with E-state index in [0.717, 1.165) is 0 Å². The fraction of sp³-hybridized carbons (Fsp3) is 0.353. The summed E-state index contributed by atoms with van der Waals surface area (Å²) in [6.45, 7) is 9.23. The molecule has 2 unspecified atom stereocenters. The summed E-state index contributed by atoms with van der Waals surface area (Å²) in [5, 5.41) is 5.21. The fourth-order valence-corrected chi connectivity index (χ4v) is 6.47.